The van der Waals surface area contributed by atoms with E-state index < -0.39 is 0 Å². The van der Waals surface area contributed by atoms with Gasteiger partial charge in [0.1, 0.15) is 5.76 Å². The first-order chi connectivity index (χ1) is 15.2. The topological polar surface area (TPSA) is 68.9 Å². The number of guanidine groups is 1. The summed E-state index contributed by atoms with van der Waals surface area (Å²) in [6, 6.07) is 7.42. The molecule has 0 spiro atoms. The van der Waals surface area contributed by atoms with Crippen molar-refractivity contribution in [2.24, 2.45) is 4.99 Å². The van der Waals surface area contributed by atoms with Gasteiger partial charge in [-0.25, -0.2) is 9.37 Å². The number of furan rings is 1. The Labute approximate surface area is 206 Å². The average Bonchev–Trinajstić information content (AvgIpc) is 3.48. The van der Waals surface area contributed by atoms with Crippen LogP contribution >= 0.6 is 24.0 Å². The van der Waals surface area contributed by atoms with Gasteiger partial charge in [-0.2, -0.15) is 0 Å². The number of piperidine rings is 1. The Balaban J connectivity index is 0.00000289. The Morgan fingerprint density at radius 1 is 1.25 bits per heavy atom. The lowest BCUT2D eigenvalue weighted by molar-refractivity contribution is 0.150. The lowest BCUT2D eigenvalue weighted by Gasteiger charge is -2.32. The Kier molecular flexibility index (Phi) is 9.58. The lowest BCUT2D eigenvalue weighted by Crippen LogP contribution is -2.45. The van der Waals surface area contributed by atoms with Gasteiger partial charge in [-0.15, -0.1) is 24.0 Å². The molecule has 2 N–H and O–H groups in total. The van der Waals surface area contributed by atoms with Crippen molar-refractivity contribution in [3.63, 3.8) is 0 Å². The van der Waals surface area contributed by atoms with Crippen LogP contribution in [-0.2, 0) is 0 Å². The number of aromatic nitrogens is 1. The summed E-state index contributed by atoms with van der Waals surface area (Å²) in [5.41, 5.74) is 0. The van der Waals surface area contributed by atoms with Gasteiger partial charge in [0.05, 0.1) is 18.8 Å². The number of hydrogen-bond acceptors (Lipinski definition) is 5. The van der Waals surface area contributed by atoms with E-state index in [9.17, 15) is 4.39 Å². The summed E-state index contributed by atoms with van der Waals surface area (Å²) in [7, 11) is 0. The second-order valence-electron chi connectivity index (χ2n) is 8.23. The van der Waals surface area contributed by atoms with Gasteiger partial charge in [-0.3, -0.25) is 9.89 Å². The van der Waals surface area contributed by atoms with E-state index in [2.05, 4.69) is 27.4 Å². The third kappa shape index (κ3) is 6.34. The van der Waals surface area contributed by atoms with Crippen LogP contribution in [0.4, 0.5) is 10.2 Å². The highest BCUT2D eigenvalue weighted by atomic mass is 127. The summed E-state index contributed by atoms with van der Waals surface area (Å²) in [5.74, 6) is 1.92. The molecule has 4 rings (SSSR count). The summed E-state index contributed by atoms with van der Waals surface area (Å²) in [6.45, 7) is 7.12. The Bertz CT molecular complexity index is 843. The van der Waals surface area contributed by atoms with Gasteiger partial charge in [0.2, 0.25) is 0 Å². The molecular weight excluding hydrogens is 522 g/mol. The van der Waals surface area contributed by atoms with Crippen LogP contribution in [0.5, 0.6) is 0 Å². The minimum atomic E-state index is -0.272. The molecule has 7 nitrogen and oxygen atoms in total. The fourth-order valence-electron chi connectivity index (χ4n) is 4.47. The second kappa shape index (κ2) is 12.4. The molecular formula is C23H34FIN6O. The summed E-state index contributed by atoms with van der Waals surface area (Å²) in [4.78, 5) is 13.6. The number of anilines is 1. The zero-order valence-corrected chi connectivity index (χ0v) is 21.0. The van der Waals surface area contributed by atoms with E-state index in [0.717, 1.165) is 44.3 Å². The number of halogens is 2. The summed E-state index contributed by atoms with van der Waals surface area (Å²) in [6.07, 6.45) is 8.03. The zero-order valence-electron chi connectivity index (χ0n) is 18.7. The maximum absolute atomic E-state index is 14.1. The first-order valence-corrected chi connectivity index (χ1v) is 11.4. The van der Waals surface area contributed by atoms with Gasteiger partial charge in [0.15, 0.2) is 17.6 Å². The molecule has 2 saturated heterocycles. The standard InChI is InChI=1S/C23H33FN6O.HI/c1-2-25-23(28-18-10-14-30(17-18)22-19(24)8-6-11-26-22)27-16-20(21-9-7-15-31-21)29-12-4-3-5-13-29;/h6-9,11,15,18,20H,2-5,10,12-14,16-17H2,1H3,(H2,25,27,28);1H. The van der Waals surface area contributed by atoms with Gasteiger partial charge >= 0.3 is 0 Å². The van der Waals surface area contributed by atoms with Crippen molar-refractivity contribution in [2.75, 3.05) is 44.2 Å². The van der Waals surface area contributed by atoms with Crippen LogP contribution in [-0.4, -0.2) is 61.2 Å². The molecule has 9 heteroatoms. The first kappa shape index (κ1) is 24.8. The zero-order chi connectivity index (χ0) is 21.5. The molecule has 2 fully saturated rings. The van der Waals surface area contributed by atoms with Gasteiger partial charge in [0, 0.05) is 31.9 Å². The molecule has 2 aliphatic rings. The van der Waals surface area contributed by atoms with Gasteiger partial charge in [-0.1, -0.05) is 6.42 Å². The van der Waals surface area contributed by atoms with Crippen molar-refractivity contribution < 1.29 is 8.81 Å². The van der Waals surface area contributed by atoms with Crippen LogP contribution in [0, 0.1) is 5.82 Å². The van der Waals surface area contributed by atoms with E-state index in [4.69, 9.17) is 9.41 Å². The molecule has 0 amide bonds. The molecule has 2 aromatic heterocycles. The van der Waals surface area contributed by atoms with Crippen LogP contribution in [0.3, 0.4) is 0 Å². The molecule has 0 saturated carbocycles. The van der Waals surface area contributed by atoms with Crippen LogP contribution in [0.25, 0.3) is 0 Å². The van der Waals surface area contributed by atoms with Gasteiger partial charge in [0.25, 0.3) is 0 Å². The highest BCUT2D eigenvalue weighted by Crippen LogP contribution is 2.25. The largest absolute Gasteiger partial charge is 0.468 e. The third-order valence-corrected chi connectivity index (χ3v) is 6.04. The van der Waals surface area contributed by atoms with Crippen LogP contribution in [0.15, 0.2) is 46.1 Å². The number of nitrogens with zero attached hydrogens (tertiary/aromatic N) is 4. The Morgan fingerprint density at radius 3 is 2.81 bits per heavy atom. The molecule has 0 aliphatic carbocycles. The summed E-state index contributed by atoms with van der Waals surface area (Å²) >= 11 is 0. The van der Waals surface area contributed by atoms with Crippen molar-refractivity contribution in [3.05, 3.63) is 48.3 Å². The smallest absolute Gasteiger partial charge is 0.191 e. The highest BCUT2D eigenvalue weighted by molar-refractivity contribution is 14.0. The molecule has 176 valence electrons. The quantitative estimate of drug-likeness (QED) is 0.308. The van der Waals surface area contributed by atoms with Crippen LogP contribution in [0.2, 0.25) is 0 Å². The van der Waals surface area contributed by atoms with E-state index in [1.165, 1.54) is 25.3 Å². The number of aliphatic imine (C=N–C) groups is 1. The normalized spacial score (nSPS) is 20.6. The minimum absolute atomic E-state index is 0. The van der Waals surface area contributed by atoms with E-state index in [0.29, 0.717) is 18.9 Å². The first-order valence-electron chi connectivity index (χ1n) is 11.4. The van der Waals surface area contributed by atoms with E-state index in [-0.39, 0.29) is 41.9 Å². The molecule has 2 unspecified atom stereocenters. The predicted molar refractivity (Wildman–Crippen MR) is 136 cm³/mol. The average molecular weight is 556 g/mol. The molecule has 4 heterocycles. The maximum atomic E-state index is 14.1. The molecule has 0 bridgehead atoms. The SMILES string of the molecule is CCNC(=NCC(c1ccco1)N1CCCCC1)NC1CCN(c2ncccc2F)C1.I. The fourth-order valence-corrected chi connectivity index (χ4v) is 4.47. The fraction of sp³-hybridized carbons (Fsp3) is 0.565. The molecule has 0 aromatic carbocycles. The summed E-state index contributed by atoms with van der Waals surface area (Å²) < 4.78 is 19.8. The number of rotatable bonds is 7. The van der Waals surface area contributed by atoms with E-state index in [1.807, 2.05) is 17.0 Å². The lowest BCUT2D eigenvalue weighted by atomic mass is 10.1. The number of hydrogen-bond donors (Lipinski definition) is 2. The van der Waals surface area contributed by atoms with Crippen LogP contribution < -0.4 is 15.5 Å². The number of nitrogens with one attached hydrogen (secondary N) is 2. The van der Waals surface area contributed by atoms with E-state index in [1.54, 1.807) is 18.5 Å². The van der Waals surface area contributed by atoms with E-state index >= 15 is 0 Å². The summed E-state index contributed by atoms with van der Waals surface area (Å²) in [5, 5.41) is 6.90. The third-order valence-electron chi connectivity index (χ3n) is 6.04. The molecule has 0 radical (unpaired) electrons. The van der Waals surface area contributed by atoms with Gasteiger partial charge < -0.3 is 20.0 Å². The molecule has 2 atom stereocenters. The van der Waals surface area contributed by atoms with Gasteiger partial charge in [-0.05, 0) is 63.5 Å². The van der Waals surface area contributed by atoms with Crippen molar-refractivity contribution >= 4 is 35.8 Å². The Hall–Kier alpha value is -1.88. The molecule has 32 heavy (non-hydrogen) atoms. The Morgan fingerprint density at radius 2 is 2.09 bits per heavy atom. The van der Waals surface area contributed by atoms with Crippen LogP contribution in [0.1, 0.15) is 44.4 Å². The maximum Gasteiger partial charge on any atom is 0.191 e. The molecule has 2 aliphatic heterocycles. The highest BCUT2D eigenvalue weighted by Gasteiger charge is 2.27. The number of likely N-dealkylation sites (tertiary alicyclic amines) is 1. The monoisotopic (exact) mass is 556 g/mol. The van der Waals surface area contributed by atoms with Crippen molar-refractivity contribution in [1.82, 2.24) is 20.5 Å². The molecule has 2 aromatic rings. The predicted octanol–water partition coefficient (Wildman–Crippen LogP) is 3.79. The second-order valence-corrected chi connectivity index (χ2v) is 8.23. The van der Waals surface area contributed by atoms with Crippen molar-refractivity contribution in [2.45, 2.75) is 44.7 Å². The van der Waals surface area contributed by atoms with Crippen molar-refractivity contribution in [1.29, 1.82) is 0 Å². The van der Waals surface area contributed by atoms with Crippen molar-refractivity contribution in [3.8, 4) is 0 Å². The minimum Gasteiger partial charge on any atom is -0.468 e. The number of pyridine rings is 1.